The van der Waals surface area contributed by atoms with Gasteiger partial charge in [-0.15, -0.1) is 0 Å². The van der Waals surface area contributed by atoms with Gasteiger partial charge in [-0.1, -0.05) is 55.5 Å². The largest absolute Gasteiger partial charge is 0.379 e. The van der Waals surface area contributed by atoms with E-state index in [1.165, 1.54) is 48.1 Å². The number of ether oxygens (including phenoxy) is 2. The number of hydrogen-bond acceptors (Lipinski definition) is 3. The van der Waals surface area contributed by atoms with E-state index in [1.54, 1.807) is 7.11 Å². The summed E-state index contributed by atoms with van der Waals surface area (Å²) in [5.41, 5.74) is 5.76. The van der Waals surface area contributed by atoms with Gasteiger partial charge < -0.3 is 9.47 Å². The molecule has 0 amide bonds. The van der Waals surface area contributed by atoms with Crippen molar-refractivity contribution in [1.29, 1.82) is 0 Å². The van der Waals surface area contributed by atoms with E-state index in [4.69, 9.17) is 9.47 Å². The van der Waals surface area contributed by atoms with Gasteiger partial charge in [0.2, 0.25) is 0 Å². The van der Waals surface area contributed by atoms with E-state index in [9.17, 15) is 0 Å². The van der Waals surface area contributed by atoms with Gasteiger partial charge >= 0.3 is 0 Å². The zero-order valence-corrected chi connectivity index (χ0v) is 21.6. The zero-order valence-electron chi connectivity index (χ0n) is 21.6. The Bertz CT molecular complexity index is 874. The summed E-state index contributed by atoms with van der Waals surface area (Å²) < 4.78 is 11.4. The molecule has 4 rings (SSSR count). The molecule has 180 valence electrons. The van der Waals surface area contributed by atoms with Crippen LogP contribution in [0.1, 0.15) is 89.9 Å². The quantitative estimate of drug-likeness (QED) is 0.459. The minimum absolute atomic E-state index is 0.193. The Hall–Kier alpha value is -1.68. The maximum Gasteiger partial charge on any atom is 0.0827 e. The Balaban J connectivity index is 1.44. The van der Waals surface area contributed by atoms with Gasteiger partial charge in [0.25, 0.3) is 0 Å². The molecule has 0 radical (unpaired) electrons. The van der Waals surface area contributed by atoms with Crippen molar-refractivity contribution in [3.63, 3.8) is 0 Å². The summed E-state index contributed by atoms with van der Waals surface area (Å²) in [4.78, 5) is 2.73. The average molecular weight is 450 g/mol. The van der Waals surface area contributed by atoms with E-state index in [2.05, 4.69) is 88.0 Å². The van der Waals surface area contributed by atoms with Crippen molar-refractivity contribution in [2.24, 2.45) is 0 Å². The van der Waals surface area contributed by atoms with Crippen molar-refractivity contribution in [3.05, 3.63) is 59.7 Å². The Labute approximate surface area is 201 Å². The summed E-state index contributed by atoms with van der Waals surface area (Å²) in [6.45, 7) is 13.9. The maximum absolute atomic E-state index is 6.02. The number of methoxy groups -OCH3 is 1. The lowest BCUT2D eigenvalue weighted by atomic mass is 9.71. The van der Waals surface area contributed by atoms with Crippen LogP contribution in [0, 0.1) is 0 Å². The van der Waals surface area contributed by atoms with Crippen LogP contribution in [0.15, 0.2) is 48.5 Å². The van der Waals surface area contributed by atoms with Crippen LogP contribution in [0.3, 0.4) is 0 Å². The molecule has 2 aromatic carbocycles. The van der Waals surface area contributed by atoms with Gasteiger partial charge in [0.1, 0.15) is 0 Å². The number of nitrogens with zero attached hydrogens (tertiary/aromatic N) is 1. The van der Waals surface area contributed by atoms with E-state index < -0.39 is 0 Å². The van der Waals surface area contributed by atoms with Crippen LogP contribution in [-0.4, -0.2) is 42.3 Å². The SMILES string of the molecule is CCCN1C(C)(C)CC(c2ccc(-c3ccc(C4CCC(OC)CO4)cc3)cc2)CC1(C)C. The van der Waals surface area contributed by atoms with E-state index in [0.717, 1.165) is 12.8 Å². The van der Waals surface area contributed by atoms with E-state index >= 15 is 0 Å². The standard InChI is InChI=1S/C30H43NO2/c1-7-18-31-29(2,3)19-26(20-30(31,4)5)24-10-8-22(9-11-24)23-12-14-25(15-13-23)28-17-16-27(32-6)21-33-28/h8-15,26-28H,7,16-21H2,1-6H3. The molecular weight excluding hydrogens is 406 g/mol. The molecule has 33 heavy (non-hydrogen) atoms. The van der Waals surface area contributed by atoms with Crippen molar-refractivity contribution < 1.29 is 9.47 Å². The van der Waals surface area contributed by atoms with Crippen molar-refractivity contribution in [3.8, 4) is 11.1 Å². The van der Waals surface area contributed by atoms with Crippen molar-refractivity contribution in [1.82, 2.24) is 4.90 Å². The smallest absolute Gasteiger partial charge is 0.0827 e. The molecule has 2 fully saturated rings. The minimum Gasteiger partial charge on any atom is -0.379 e. The highest BCUT2D eigenvalue weighted by atomic mass is 16.5. The molecule has 0 aromatic heterocycles. The Morgan fingerprint density at radius 2 is 1.39 bits per heavy atom. The molecule has 3 heteroatoms. The molecule has 2 saturated heterocycles. The fraction of sp³-hybridized carbons (Fsp3) is 0.600. The Morgan fingerprint density at radius 3 is 1.85 bits per heavy atom. The summed E-state index contributed by atoms with van der Waals surface area (Å²) in [5.74, 6) is 0.610. The summed E-state index contributed by atoms with van der Waals surface area (Å²) in [5, 5.41) is 0. The number of hydrogen-bond donors (Lipinski definition) is 0. The highest BCUT2D eigenvalue weighted by Crippen LogP contribution is 2.45. The lowest BCUT2D eigenvalue weighted by Gasteiger charge is -2.55. The number of benzene rings is 2. The van der Waals surface area contributed by atoms with Crippen LogP contribution in [0.2, 0.25) is 0 Å². The minimum atomic E-state index is 0.193. The Kier molecular flexibility index (Phi) is 7.33. The molecule has 3 nitrogen and oxygen atoms in total. The highest BCUT2D eigenvalue weighted by Gasteiger charge is 2.44. The number of rotatable bonds is 6. The van der Waals surface area contributed by atoms with Gasteiger partial charge in [0.05, 0.1) is 18.8 Å². The fourth-order valence-corrected chi connectivity index (χ4v) is 6.40. The van der Waals surface area contributed by atoms with Gasteiger partial charge in [-0.25, -0.2) is 0 Å². The second-order valence-corrected chi connectivity index (χ2v) is 11.4. The van der Waals surface area contributed by atoms with Crippen LogP contribution >= 0.6 is 0 Å². The number of likely N-dealkylation sites (tertiary alicyclic amines) is 1. The molecule has 2 heterocycles. The van der Waals surface area contributed by atoms with E-state index in [0.29, 0.717) is 12.5 Å². The molecular formula is C30H43NO2. The lowest BCUT2D eigenvalue weighted by Crippen LogP contribution is -2.60. The van der Waals surface area contributed by atoms with Gasteiger partial charge in [-0.05, 0) is 94.5 Å². The summed E-state index contributed by atoms with van der Waals surface area (Å²) in [6.07, 6.45) is 6.18. The molecule has 0 saturated carbocycles. The molecule has 0 aliphatic carbocycles. The third kappa shape index (κ3) is 5.37. The third-order valence-electron chi connectivity index (χ3n) is 7.97. The third-order valence-corrected chi connectivity index (χ3v) is 7.97. The zero-order chi connectivity index (χ0) is 23.6. The molecule has 0 N–H and O–H groups in total. The molecule has 2 unspecified atom stereocenters. The first kappa shape index (κ1) is 24.4. The second-order valence-electron chi connectivity index (χ2n) is 11.4. The van der Waals surface area contributed by atoms with Crippen LogP contribution < -0.4 is 0 Å². The normalized spacial score (nSPS) is 25.8. The molecule has 0 bridgehead atoms. The first-order chi connectivity index (χ1) is 15.7. The predicted octanol–water partition coefficient (Wildman–Crippen LogP) is 7.37. The van der Waals surface area contributed by atoms with Gasteiger partial charge in [-0.3, -0.25) is 4.90 Å². The lowest BCUT2D eigenvalue weighted by molar-refractivity contribution is -0.0725. The number of piperidine rings is 1. The summed E-state index contributed by atoms with van der Waals surface area (Å²) in [6, 6.07) is 18.3. The molecule has 2 aromatic rings. The van der Waals surface area contributed by atoms with Gasteiger partial charge in [0, 0.05) is 18.2 Å². The average Bonchev–Trinajstić information content (AvgIpc) is 2.81. The van der Waals surface area contributed by atoms with Crippen LogP contribution in [0.25, 0.3) is 11.1 Å². The van der Waals surface area contributed by atoms with E-state index in [1.807, 2.05) is 0 Å². The van der Waals surface area contributed by atoms with Gasteiger partial charge in [-0.2, -0.15) is 0 Å². The maximum atomic E-state index is 6.02. The van der Waals surface area contributed by atoms with Crippen LogP contribution in [-0.2, 0) is 9.47 Å². The summed E-state index contributed by atoms with van der Waals surface area (Å²) in [7, 11) is 1.77. The van der Waals surface area contributed by atoms with Gasteiger partial charge in [0.15, 0.2) is 0 Å². The monoisotopic (exact) mass is 449 g/mol. The van der Waals surface area contributed by atoms with Crippen LogP contribution in [0.4, 0.5) is 0 Å². The van der Waals surface area contributed by atoms with E-state index in [-0.39, 0.29) is 23.3 Å². The predicted molar refractivity (Wildman–Crippen MR) is 138 cm³/mol. The molecule has 2 aliphatic rings. The highest BCUT2D eigenvalue weighted by molar-refractivity contribution is 5.64. The molecule has 2 atom stereocenters. The topological polar surface area (TPSA) is 21.7 Å². The van der Waals surface area contributed by atoms with Crippen LogP contribution in [0.5, 0.6) is 0 Å². The first-order valence-electron chi connectivity index (χ1n) is 12.9. The molecule has 0 spiro atoms. The fourth-order valence-electron chi connectivity index (χ4n) is 6.40. The van der Waals surface area contributed by atoms with Crippen molar-refractivity contribution >= 4 is 0 Å². The summed E-state index contributed by atoms with van der Waals surface area (Å²) >= 11 is 0. The first-order valence-corrected chi connectivity index (χ1v) is 12.9. The van der Waals surface area contributed by atoms with Crippen molar-refractivity contribution in [2.75, 3.05) is 20.3 Å². The molecule has 2 aliphatic heterocycles. The Morgan fingerprint density at radius 1 is 0.848 bits per heavy atom. The van der Waals surface area contributed by atoms with Crippen molar-refractivity contribution in [2.45, 2.75) is 95.9 Å². The second kappa shape index (κ2) is 9.90.